The SMILES string of the molecule is c1ccc(C(Nn2cccc2)c2ccncc2)cc1. The third-order valence-corrected chi connectivity index (χ3v) is 3.05. The normalized spacial score (nSPS) is 12.0. The molecular weight excluding hydrogens is 234 g/mol. The van der Waals surface area contributed by atoms with E-state index in [1.807, 2.05) is 59.8 Å². The van der Waals surface area contributed by atoms with Crippen LogP contribution in [0, 0.1) is 0 Å². The molecule has 0 saturated heterocycles. The van der Waals surface area contributed by atoms with Gasteiger partial charge in [-0.25, -0.2) is 0 Å². The molecule has 0 spiro atoms. The zero-order valence-corrected chi connectivity index (χ0v) is 10.5. The highest BCUT2D eigenvalue weighted by molar-refractivity contribution is 5.33. The van der Waals surface area contributed by atoms with Gasteiger partial charge in [-0.3, -0.25) is 9.66 Å². The lowest BCUT2D eigenvalue weighted by Crippen LogP contribution is -2.20. The van der Waals surface area contributed by atoms with Gasteiger partial charge in [0.25, 0.3) is 0 Å². The third-order valence-electron chi connectivity index (χ3n) is 3.05. The lowest BCUT2D eigenvalue weighted by Gasteiger charge is -2.21. The molecule has 3 nitrogen and oxygen atoms in total. The standard InChI is InChI=1S/C16H15N3/c1-2-6-14(7-3-1)16(15-8-10-17-11-9-15)18-19-12-4-5-13-19/h1-13,16,18H. The molecule has 19 heavy (non-hydrogen) atoms. The van der Waals surface area contributed by atoms with Crippen molar-refractivity contribution >= 4 is 0 Å². The van der Waals surface area contributed by atoms with Crippen LogP contribution in [-0.4, -0.2) is 9.66 Å². The second kappa shape index (κ2) is 5.40. The molecule has 2 aromatic heterocycles. The first-order valence-corrected chi connectivity index (χ1v) is 6.28. The Morgan fingerprint density at radius 3 is 2.11 bits per heavy atom. The van der Waals surface area contributed by atoms with Crippen molar-refractivity contribution in [1.29, 1.82) is 0 Å². The van der Waals surface area contributed by atoms with Crippen LogP contribution in [0.3, 0.4) is 0 Å². The van der Waals surface area contributed by atoms with Crippen LogP contribution >= 0.6 is 0 Å². The molecule has 3 rings (SSSR count). The van der Waals surface area contributed by atoms with Gasteiger partial charge in [-0.1, -0.05) is 30.3 Å². The van der Waals surface area contributed by atoms with E-state index in [9.17, 15) is 0 Å². The summed E-state index contributed by atoms with van der Waals surface area (Å²) in [4.78, 5) is 4.08. The highest BCUT2D eigenvalue weighted by Gasteiger charge is 2.13. The predicted molar refractivity (Wildman–Crippen MR) is 76.3 cm³/mol. The Hall–Kier alpha value is -2.55. The second-order valence-electron chi connectivity index (χ2n) is 4.34. The summed E-state index contributed by atoms with van der Waals surface area (Å²) in [7, 11) is 0. The van der Waals surface area contributed by atoms with Crippen LogP contribution < -0.4 is 5.43 Å². The molecular formula is C16H15N3. The van der Waals surface area contributed by atoms with Crippen molar-refractivity contribution in [3.8, 4) is 0 Å². The average Bonchev–Trinajstić information content (AvgIpc) is 3.00. The minimum atomic E-state index is 0.108. The van der Waals surface area contributed by atoms with Crippen LogP contribution in [0.4, 0.5) is 0 Å². The summed E-state index contributed by atoms with van der Waals surface area (Å²) >= 11 is 0. The number of hydrogen-bond donors (Lipinski definition) is 1. The fraction of sp³-hybridized carbons (Fsp3) is 0.0625. The van der Waals surface area contributed by atoms with E-state index < -0.39 is 0 Å². The van der Waals surface area contributed by atoms with Crippen molar-refractivity contribution < 1.29 is 0 Å². The maximum absolute atomic E-state index is 4.08. The first kappa shape index (κ1) is 11.5. The van der Waals surface area contributed by atoms with Crippen LogP contribution in [0.25, 0.3) is 0 Å². The van der Waals surface area contributed by atoms with Gasteiger partial charge in [0.05, 0.1) is 6.04 Å². The third kappa shape index (κ3) is 2.65. The molecule has 0 fully saturated rings. The summed E-state index contributed by atoms with van der Waals surface area (Å²) in [6.07, 6.45) is 7.64. The smallest absolute Gasteiger partial charge is 0.0925 e. The van der Waals surface area contributed by atoms with E-state index in [4.69, 9.17) is 0 Å². The van der Waals surface area contributed by atoms with Gasteiger partial charge in [0.1, 0.15) is 0 Å². The monoisotopic (exact) mass is 249 g/mol. The molecule has 0 aliphatic heterocycles. The van der Waals surface area contributed by atoms with Gasteiger partial charge < -0.3 is 5.43 Å². The van der Waals surface area contributed by atoms with Crippen LogP contribution in [-0.2, 0) is 0 Å². The maximum Gasteiger partial charge on any atom is 0.0925 e. The zero-order chi connectivity index (χ0) is 12.9. The van der Waals surface area contributed by atoms with E-state index in [-0.39, 0.29) is 6.04 Å². The summed E-state index contributed by atoms with van der Waals surface area (Å²) in [5, 5.41) is 0. The molecule has 94 valence electrons. The molecule has 1 N–H and O–H groups in total. The number of nitrogens with one attached hydrogen (secondary N) is 1. The molecule has 0 aliphatic rings. The Balaban J connectivity index is 1.96. The molecule has 1 aromatic carbocycles. The molecule has 1 atom stereocenters. The van der Waals surface area contributed by atoms with E-state index >= 15 is 0 Å². The number of pyridine rings is 1. The molecule has 3 heteroatoms. The van der Waals surface area contributed by atoms with Gasteiger partial charge in [0.15, 0.2) is 0 Å². The van der Waals surface area contributed by atoms with Gasteiger partial charge in [0.2, 0.25) is 0 Å². The van der Waals surface area contributed by atoms with E-state index in [0.29, 0.717) is 0 Å². The molecule has 0 bridgehead atoms. The van der Waals surface area contributed by atoms with E-state index in [1.54, 1.807) is 0 Å². The molecule has 0 aliphatic carbocycles. The minimum absolute atomic E-state index is 0.108. The van der Waals surface area contributed by atoms with Crippen LogP contribution in [0.1, 0.15) is 17.2 Å². The maximum atomic E-state index is 4.08. The molecule has 0 amide bonds. The van der Waals surface area contributed by atoms with Crippen molar-refractivity contribution in [1.82, 2.24) is 9.66 Å². The van der Waals surface area contributed by atoms with Crippen LogP contribution in [0.2, 0.25) is 0 Å². The summed E-state index contributed by atoms with van der Waals surface area (Å²) in [6, 6.07) is 18.6. The van der Waals surface area contributed by atoms with E-state index in [1.165, 1.54) is 11.1 Å². The van der Waals surface area contributed by atoms with E-state index in [2.05, 4.69) is 34.7 Å². The number of benzene rings is 1. The second-order valence-corrected chi connectivity index (χ2v) is 4.34. The van der Waals surface area contributed by atoms with Gasteiger partial charge in [-0.15, -0.1) is 0 Å². The first-order chi connectivity index (χ1) is 9.43. The Morgan fingerprint density at radius 1 is 0.789 bits per heavy atom. The topological polar surface area (TPSA) is 29.9 Å². The van der Waals surface area contributed by atoms with Gasteiger partial charge in [0, 0.05) is 24.8 Å². The summed E-state index contributed by atoms with van der Waals surface area (Å²) < 4.78 is 1.97. The quantitative estimate of drug-likeness (QED) is 0.769. The van der Waals surface area contributed by atoms with Crippen molar-refractivity contribution in [2.45, 2.75) is 6.04 Å². The Morgan fingerprint density at radius 2 is 1.42 bits per heavy atom. The Labute approximate surface area is 112 Å². The summed E-state index contributed by atoms with van der Waals surface area (Å²) in [6.45, 7) is 0. The number of nitrogens with zero attached hydrogens (tertiary/aromatic N) is 2. The number of hydrogen-bond acceptors (Lipinski definition) is 2. The van der Waals surface area contributed by atoms with Crippen molar-refractivity contribution in [2.75, 3.05) is 5.43 Å². The van der Waals surface area contributed by atoms with E-state index in [0.717, 1.165) is 0 Å². The lowest BCUT2D eigenvalue weighted by molar-refractivity contribution is 0.759. The Bertz CT molecular complexity index is 564. The van der Waals surface area contributed by atoms with Gasteiger partial charge in [-0.2, -0.15) is 0 Å². The number of aromatic nitrogens is 2. The van der Waals surface area contributed by atoms with Gasteiger partial charge in [-0.05, 0) is 35.4 Å². The summed E-state index contributed by atoms with van der Waals surface area (Å²) in [5.74, 6) is 0. The molecule has 0 saturated carbocycles. The van der Waals surface area contributed by atoms with Crippen LogP contribution in [0.5, 0.6) is 0 Å². The van der Waals surface area contributed by atoms with Crippen molar-refractivity contribution in [3.63, 3.8) is 0 Å². The fourth-order valence-electron chi connectivity index (χ4n) is 2.11. The highest BCUT2D eigenvalue weighted by atomic mass is 15.4. The van der Waals surface area contributed by atoms with Crippen molar-refractivity contribution in [2.24, 2.45) is 0 Å². The highest BCUT2D eigenvalue weighted by Crippen LogP contribution is 2.22. The molecule has 1 unspecified atom stereocenters. The minimum Gasteiger partial charge on any atom is -0.314 e. The number of rotatable bonds is 4. The lowest BCUT2D eigenvalue weighted by atomic mass is 10.0. The molecule has 2 heterocycles. The van der Waals surface area contributed by atoms with Crippen LogP contribution in [0.15, 0.2) is 79.4 Å². The fourth-order valence-corrected chi connectivity index (χ4v) is 2.11. The Kier molecular flexibility index (Phi) is 3.28. The van der Waals surface area contributed by atoms with Crippen molar-refractivity contribution in [3.05, 3.63) is 90.5 Å². The van der Waals surface area contributed by atoms with Gasteiger partial charge >= 0.3 is 0 Å². The summed E-state index contributed by atoms with van der Waals surface area (Å²) in [5.41, 5.74) is 5.89. The molecule has 0 radical (unpaired) electrons. The predicted octanol–water partition coefficient (Wildman–Crippen LogP) is 3.22. The molecule has 3 aromatic rings. The first-order valence-electron chi connectivity index (χ1n) is 6.28. The average molecular weight is 249 g/mol. The largest absolute Gasteiger partial charge is 0.314 e. The zero-order valence-electron chi connectivity index (χ0n) is 10.5.